The highest BCUT2D eigenvalue weighted by atomic mass is 16.2. The van der Waals surface area contributed by atoms with Gasteiger partial charge in [-0.25, -0.2) is 0 Å². The third-order valence-corrected chi connectivity index (χ3v) is 6.26. The van der Waals surface area contributed by atoms with E-state index in [-0.39, 0.29) is 29.5 Å². The van der Waals surface area contributed by atoms with Crippen LogP contribution in [0.15, 0.2) is 60.7 Å². The Morgan fingerprint density at radius 1 is 0.750 bits per heavy atom. The van der Waals surface area contributed by atoms with Gasteiger partial charge < -0.3 is 10.2 Å². The molecule has 0 aliphatic carbocycles. The van der Waals surface area contributed by atoms with Gasteiger partial charge in [-0.05, 0) is 17.5 Å². The van der Waals surface area contributed by atoms with Crippen LogP contribution in [0.1, 0.15) is 48.6 Å². The number of hydrogen-bond acceptors (Lipinski definition) is 4. The van der Waals surface area contributed by atoms with Crippen LogP contribution in [-0.4, -0.2) is 47.7 Å². The Bertz CT molecular complexity index is 993. The number of benzene rings is 2. The van der Waals surface area contributed by atoms with Crippen LogP contribution in [-0.2, 0) is 19.2 Å². The molecule has 3 aliphatic rings. The molecule has 0 saturated carbocycles. The van der Waals surface area contributed by atoms with E-state index in [9.17, 15) is 19.2 Å². The molecule has 4 amide bonds. The lowest BCUT2D eigenvalue weighted by Crippen LogP contribution is -2.52. The van der Waals surface area contributed by atoms with E-state index >= 15 is 0 Å². The van der Waals surface area contributed by atoms with Crippen molar-refractivity contribution in [2.75, 3.05) is 13.1 Å². The lowest BCUT2D eigenvalue weighted by atomic mass is 9.98. The van der Waals surface area contributed by atoms with Crippen molar-refractivity contribution < 1.29 is 19.2 Å². The van der Waals surface area contributed by atoms with Crippen LogP contribution < -0.4 is 10.6 Å². The second kappa shape index (κ2) is 9.77. The number of likely N-dealkylation sites (tertiary alicyclic amines) is 1. The van der Waals surface area contributed by atoms with Crippen LogP contribution in [0.5, 0.6) is 0 Å². The Labute approximate surface area is 187 Å². The number of carbonyl (C=O) groups is 4. The number of hydrogen-bond donors (Lipinski definition) is 2. The highest BCUT2D eigenvalue weighted by Crippen LogP contribution is 2.30. The number of rotatable bonds is 3. The first-order valence-electron chi connectivity index (χ1n) is 11.0. The van der Waals surface area contributed by atoms with Gasteiger partial charge in [0, 0.05) is 44.2 Å². The highest BCUT2D eigenvalue weighted by molar-refractivity contribution is 6.02. The maximum Gasteiger partial charge on any atom is 0.249 e. The molecule has 3 atom stereocenters. The van der Waals surface area contributed by atoms with Gasteiger partial charge in [-0.2, -0.15) is 0 Å². The average Bonchev–Trinajstić information content (AvgIpc) is 3.41. The Morgan fingerprint density at radius 3 is 1.94 bits per heavy atom. The maximum absolute atomic E-state index is 12.1. The number of nitrogens with zero attached hydrogens (tertiary/aromatic N) is 1. The van der Waals surface area contributed by atoms with Crippen LogP contribution in [0.3, 0.4) is 0 Å². The molecule has 7 nitrogen and oxygen atoms in total. The number of nitrogens with one attached hydrogen (secondary N) is 2. The van der Waals surface area contributed by atoms with Gasteiger partial charge in [0.2, 0.25) is 23.6 Å². The topological polar surface area (TPSA) is 95.6 Å². The second-order valence-corrected chi connectivity index (χ2v) is 8.44. The van der Waals surface area contributed by atoms with Gasteiger partial charge in [-0.3, -0.25) is 24.5 Å². The Morgan fingerprint density at radius 2 is 1.38 bits per heavy atom. The lowest BCUT2D eigenvalue weighted by molar-refractivity contribution is -0.143. The molecule has 0 radical (unpaired) electrons. The molecule has 166 valence electrons. The van der Waals surface area contributed by atoms with Crippen LogP contribution in [0.4, 0.5) is 0 Å². The number of carbonyl (C=O) groups excluding carboxylic acids is 4. The van der Waals surface area contributed by atoms with E-state index < -0.39 is 6.04 Å². The minimum atomic E-state index is -0.492. The molecule has 5 rings (SSSR count). The predicted molar refractivity (Wildman–Crippen MR) is 118 cm³/mol. The zero-order valence-electron chi connectivity index (χ0n) is 17.8. The van der Waals surface area contributed by atoms with E-state index in [0.717, 1.165) is 12.1 Å². The quantitative estimate of drug-likeness (QED) is 0.725. The summed E-state index contributed by atoms with van der Waals surface area (Å²) in [5, 5.41) is 5.14. The Kier molecular flexibility index (Phi) is 6.63. The molecule has 32 heavy (non-hydrogen) atoms. The average molecular weight is 434 g/mol. The highest BCUT2D eigenvalue weighted by Gasteiger charge is 2.40. The second-order valence-electron chi connectivity index (χ2n) is 8.44. The molecule has 7 heteroatoms. The van der Waals surface area contributed by atoms with Gasteiger partial charge in [-0.1, -0.05) is 60.7 Å². The molecule has 2 aromatic carbocycles. The van der Waals surface area contributed by atoms with Crippen LogP contribution in [0.2, 0.25) is 0 Å². The molecule has 3 heterocycles. The van der Waals surface area contributed by atoms with E-state index in [4.69, 9.17) is 0 Å². The van der Waals surface area contributed by atoms with E-state index in [1.807, 2.05) is 48.5 Å². The first kappa shape index (κ1) is 21.7. The fourth-order valence-corrected chi connectivity index (χ4v) is 4.53. The van der Waals surface area contributed by atoms with Crippen molar-refractivity contribution in [2.24, 2.45) is 0 Å². The van der Waals surface area contributed by atoms with E-state index in [1.165, 1.54) is 5.56 Å². The minimum absolute atomic E-state index is 0.00616. The van der Waals surface area contributed by atoms with Crippen molar-refractivity contribution in [1.29, 1.82) is 0 Å². The molecule has 3 fully saturated rings. The van der Waals surface area contributed by atoms with Crippen molar-refractivity contribution in [2.45, 2.75) is 43.6 Å². The predicted octanol–water partition coefficient (Wildman–Crippen LogP) is 2.10. The fourth-order valence-electron chi connectivity index (χ4n) is 4.53. The van der Waals surface area contributed by atoms with Gasteiger partial charge in [0.25, 0.3) is 0 Å². The summed E-state index contributed by atoms with van der Waals surface area (Å²) in [6, 6.07) is 19.5. The normalized spacial score (nSPS) is 25.1. The van der Waals surface area contributed by atoms with Gasteiger partial charge in [0.05, 0.1) is 0 Å². The molecule has 0 aromatic heterocycles. The van der Waals surface area contributed by atoms with Crippen LogP contribution in [0, 0.1) is 0 Å². The van der Waals surface area contributed by atoms with Crippen molar-refractivity contribution in [3.8, 4) is 0 Å². The van der Waals surface area contributed by atoms with E-state index in [2.05, 4.69) is 22.8 Å². The zero-order valence-corrected chi connectivity index (χ0v) is 17.8. The molecule has 3 aliphatic heterocycles. The molecule has 0 spiro atoms. The summed E-state index contributed by atoms with van der Waals surface area (Å²) in [5.74, 6) is 0.0888. The summed E-state index contributed by atoms with van der Waals surface area (Å²) in [7, 11) is 0. The van der Waals surface area contributed by atoms with Crippen LogP contribution >= 0.6 is 0 Å². The summed E-state index contributed by atoms with van der Waals surface area (Å²) >= 11 is 0. The van der Waals surface area contributed by atoms with Crippen LogP contribution in [0.25, 0.3) is 0 Å². The molecule has 2 N–H and O–H groups in total. The largest absolute Gasteiger partial charge is 0.355 e. The zero-order chi connectivity index (χ0) is 22.5. The number of piperidine rings is 1. The van der Waals surface area contributed by atoms with Gasteiger partial charge >= 0.3 is 0 Å². The Hall–Kier alpha value is -3.48. The number of imide groups is 1. The van der Waals surface area contributed by atoms with Gasteiger partial charge in [0.15, 0.2) is 0 Å². The monoisotopic (exact) mass is 433 g/mol. The summed E-state index contributed by atoms with van der Waals surface area (Å²) in [6.07, 6.45) is 1.81. The minimum Gasteiger partial charge on any atom is -0.355 e. The maximum atomic E-state index is 12.1. The van der Waals surface area contributed by atoms with E-state index in [0.29, 0.717) is 38.1 Å². The summed E-state index contributed by atoms with van der Waals surface area (Å²) in [6.45, 7) is 1.35. The SMILES string of the molecule is O=C1CC(c2ccccc2)CN1.O=C1CCC(N2CC(c3ccccc3)CC2=O)C(=O)N1. The summed E-state index contributed by atoms with van der Waals surface area (Å²) in [5.41, 5.74) is 2.38. The Balaban J connectivity index is 0.000000174. The number of amides is 4. The third-order valence-electron chi connectivity index (χ3n) is 6.26. The molecule has 0 bridgehead atoms. The fraction of sp³-hybridized carbons (Fsp3) is 0.360. The molecule has 3 saturated heterocycles. The van der Waals surface area contributed by atoms with E-state index in [1.54, 1.807) is 4.90 Å². The smallest absolute Gasteiger partial charge is 0.249 e. The molecule has 3 unspecified atom stereocenters. The van der Waals surface area contributed by atoms with Gasteiger partial charge in [0.1, 0.15) is 6.04 Å². The van der Waals surface area contributed by atoms with Crippen molar-refractivity contribution in [3.63, 3.8) is 0 Å². The summed E-state index contributed by atoms with van der Waals surface area (Å²) < 4.78 is 0. The molecular weight excluding hydrogens is 406 g/mol. The third kappa shape index (κ3) is 5.04. The lowest BCUT2D eigenvalue weighted by Gasteiger charge is -2.29. The van der Waals surface area contributed by atoms with Crippen molar-refractivity contribution in [1.82, 2.24) is 15.5 Å². The first-order chi connectivity index (χ1) is 15.5. The van der Waals surface area contributed by atoms with Crippen molar-refractivity contribution >= 4 is 23.6 Å². The first-order valence-corrected chi connectivity index (χ1v) is 11.0. The van der Waals surface area contributed by atoms with Gasteiger partial charge in [-0.15, -0.1) is 0 Å². The van der Waals surface area contributed by atoms with Crippen molar-refractivity contribution in [3.05, 3.63) is 71.8 Å². The standard InChI is InChI=1S/C15H16N2O3.C10H11NO/c18-13-7-6-12(15(20)16-13)17-9-11(8-14(17)19)10-4-2-1-3-5-10;12-10-6-9(7-11-10)8-4-2-1-3-5-8/h1-5,11-12H,6-9H2,(H,16,18,20);1-5,9H,6-7H2,(H,11,12). The molecular formula is C25H27N3O4. The summed E-state index contributed by atoms with van der Waals surface area (Å²) in [4.78, 5) is 47.7. The molecule has 2 aromatic rings.